The molecule has 1 aliphatic heterocycles. The molecule has 1 heterocycles. The predicted molar refractivity (Wildman–Crippen MR) is 58.5 cm³/mol. The Balaban J connectivity index is 2.91. The number of carbonyl (C=O) groups excluding carboxylic acids is 1. The Morgan fingerprint density at radius 3 is 2.16 bits per heavy atom. The summed E-state index contributed by atoms with van der Waals surface area (Å²) in [7, 11) is 0. The molecule has 1 amide bonds. The summed E-state index contributed by atoms with van der Waals surface area (Å²) in [6.45, 7) is 4.38. The molecule has 0 aromatic heterocycles. The number of nitrogens with zero attached hydrogens (tertiary/aromatic N) is 1. The van der Waals surface area contributed by atoms with Crippen LogP contribution >= 0.6 is 0 Å². The van der Waals surface area contributed by atoms with Gasteiger partial charge < -0.3 is 9.84 Å². The average molecular weight is 283 g/mol. The monoisotopic (exact) mass is 283 g/mol. The van der Waals surface area contributed by atoms with Gasteiger partial charge >= 0.3 is 18.2 Å². The molecule has 1 rings (SSSR count). The van der Waals surface area contributed by atoms with Crippen LogP contribution in [0, 0.1) is 5.92 Å². The molecule has 1 saturated heterocycles. The topological polar surface area (TPSA) is 66.8 Å². The van der Waals surface area contributed by atoms with Gasteiger partial charge in [0.25, 0.3) is 0 Å². The van der Waals surface area contributed by atoms with Gasteiger partial charge in [0.05, 0.1) is 5.92 Å². The largest absolute Gasteiger partial charge is 0.480 e. The number of amides is 1. The summed E-state index contributed by atoms with van der Waals surface area (Å²) in [5.41, 5.74) is -0.892. The summed E-state index contributed by atoms with van der Waals surface area (Å²) in [4.78, 5) is 23.3. The fourth-order valence-electron chi connectivity index (χ4n) is 1.97. The molecule has 19 heavy (non-hydrogen) atoms. The van der Waals surface area contributed by atoms with Gasteiger partial charge in [-0.3, -0.25) is 4.90 Å². The van der Waals surface area contributed by atoms with Gasteiger partial charge in [0.15, 0.2) is 0 Å². The Morgan fingerprint density at radius 1 is 1.26 bits per heavy atom. The molecule has 0 aromatic rings. The molecule has 0 aliphatic carbocycles. The van der Waals surface area contributed by atoms with E-state index < -0.39 is 42.2 Å². The van der Waals surface area contributed by atoms with Crippen LogP contribution in [0.15, 0.2) is 0 Å². The van der Waals surface area contributed by atoms with Crippen LogP contribution < -0.4 is 0 Å². The van der Waals surface area contributed by atoms with E-state index in [2.05, 4.69) is 0 Å². The van der Waals surface area contributed by atoms with E-state index in [9.17, 15) is 22.8 Å². The first-order valence-electron chi connectivity index (χ1n) is 5.72. The van der Waals surface area contributed by atoms with Crippen molar-refractivity contribution < 1.29 is 32.6 Å². The molecule has 1 aliphatic rings. The molecule has 1 fully saturated rings. The highest BCUT2D eigenvalue weighted by Gasteiger charge is 2.55. The van der Waals surface area contributed by atoms with E-state index in [0.717, 1.165) is 0 Å². The summed E-state index contributed by atoms with van der Waals surface area (Å²) >= 11 is 0. The number of hydrogen-bond acceptors (Lipinski definition) is 3. The standard InChI is InChI=1S/C11H16F3NO4/c1-10(2,3)19-9(18)15-5-4-6(11(12,13)14)7(15)8(16)17/h6-7H,4-5H2,1-3H3,(H,16,17)/t6-,7+/m1/s1. The number of hydrogen-bond donors (Lipinski definition) is 1. The number of halogens is 3. The third-order valence-electron chi connectivity index (χ3n) is 2.70. The number of rotatable bonds is 1. The maximum atomic E-state index is 12.7. The van der Waals surface area contributed by atoms with Crippen molar-refractivity contribution in [1.29, 1.82) is 0 Å². The van der Waals surface area contributed by atoms with Crippen LogP contribution in [0.4, 0.5) is 18.0 Å². The van der Waals surface area contributed by atoms with E-state index >= 15 is 0 Å². The lowest BCUT2D eigenvalue weighted by atomic mass is 10.00. The lowest BCUT2D eigenvalue weighted by molar-refractivity contribution is -0.187. The summed E-state index contributed by atoms with van der Waals surface area (Å²) in [6, 6.07) is -1.92. The zero-order chi connectivity index (χ0) is 15.0. The molecular formula is C11H16F3NO4. The smallest absolute Gasteiger partial charge is 0.411 e. The van der Waals surface area contributed by atoms with Crippen molar-refractivity contribution in [1.82, 2.24) is 4.90 Å². The Hall–Kier alpha value is -1.47. The number of carboxylic acid groups (broad SMARTS) is 1. The van der Waals surface area contributed by atoms with E-state index in [-0.39, 0.29) is 6.54 Å². The van der Waals surface area contributed by atoms with Crippen molar-refractivity contribution in [3.63, 3.8) is 0 Å². The number of carboxylic acids is 1. The highest BCUT2D eigenvalue weighted by Crippen LogP contribution is 2.38. The van der Waals surface area contributed by atoms with Crippen molar-refractivity contribution in [3.05, 3.63) is 0 Å². The molecular weight excluding hydrogens is 267 g/mol. The van der Waals surface area contributed by atoms with Gasteiger partial charge in [-0.25, -0.2) is 9.59 Å². The second-order valence-corrected chi connectivity index (χ2v) is 5.39. The molecule has 0 bridgehead atoms. The van der Waals surface area contributed by atoms with Gasteiger partial charge in [0.1, 0.15) is 11.6 Å². The van der Waals surface area contributed by atoms with Crippen LogP contribution in [0.3, 0.4) is 0 Å². The van der Waals surface area contributed by atoms with Crippen molar-refractivity contribution in [2.45, 2.75) is 45.0 Å². The molecule has 110 valence electrons. The lowest BCUT2D eigenvalue weighted by Gasteiger charge is -2.28. The molecule has 2 atom stereocenters. The van der Waals surface area contributed by atoms with Crippen molar-refractivity contribution in [2.75, 3.05) is 6.54 Å². The maximum Gasteiger partial charge on any atom is 0.411 e. The minimum Gasteiger partial charge on any atom is -0.480 e. The molecule has 0 aromatic carbocycles. The van der Waals surface area contributed by atoms with Gasteiger partial charge in [-0.1, -0.05) is 0 Å². The normalized spacial score (nSPS) is 24.4. The molecule has 8 heteroatoms. The first-order valence-corrected chi connectivity index (χ1v) is 5.72. The quantitative estimate of drug-likeness (QED) is 0.801. The molecule has 1 N–H and O–H groups in total. The summed E-state index contributed by atoms with van der Waals surface area (Å²) in [5.74, 6) is -3.73. The molecule has 5 nitrogen and oxygen atoms in total. The van der Waals surface area contributed by atoms with Gasteiger partial charge in [-0.05, 0) is 27.2 Å². The number of carbonyl (C=O) groups is 2. The average Bonchev–Trinajstić information content (AvgIpc) is 2.57. The van der Waals surface area contributed by atoms with Crippen LogP contribution in [-0.2, 0) is 9.53 Å². The zero-order valence-corrected chi connectivity index (χ0v) is 10.8. The van der Waals surface area contributed by atoms with E-state index in [1.807, 2.05) is 0 Å². The van der Waals surface area contributed by atoms with Crippen molar-refractivity contribution in [2.24, 2.45) is 5.92 Å². The Kier molecular flexibility index (Phi) is 4.02. The van der Waals surface area contributed by atoms with Crippen molar-refractivity contribution >= 4 is 12.1 Å². The van der Waals surface area contributed by atoms with E-state index in [1.165, 1.54) is 0 Å². The fraction of sp³-hybridized carbons (Fsp3) is 0.818. The second kappa shape index (κ2) is 4.90. The second-order valence-electron chi connectivity index (χ2n) is 5.39. The summed E-state index contributed by atoms with van der Waals surface area (Å²) in [5, 5.41) is 8.92. The number of alkyl halides is 3. The van der Waals surface area contributed by atoms with Gasteiger partial charge in [-0.2, -0.15) is 13.2 Å². The molecule has 0 unspecified atom stereocenters. The highest BCUT2D eigenvalue weighted by molar-refractivity contribution is 5.81. The Morgan fingerprint density at radius 2 is 1.79 bits per heavy atom. The predicted octanol–water partition coefficient (Wildman–Crippen LogP) is 2.26. The van der Waals surface area contributed by atoms with Crippen LogP contribution in [0.2, 0.25) is 0 Å². The van der Waals surface area contributed by atoms with Crippen LogP contribution in [0.1, 0.15) is 27.2 Å². The first kappa shape index (κ1) is 15.6. The number of aliphatic carboxylic acids is 1. The minimum atomic E-state index is -4.65. The van der Waals surface area contributed by atoms with E-state index in [4.69, 9.17) is 9.84 Å². The third kappa shape index (κ3) is 3.74. The van der Waals surface area contributed by atoms with Gasteiger partial charge in [-0.15, -0.1) is 0 Å². The highest BCUT2D eigenvalue weighted by atomic mass is 19.4. The SMILES string of the molecule is CC(C)(C)OC(=O)N1CC[C@@H](C(F)(F)F)[C@H]1C(=O)O. The van der Waals surface area contributed by atoms with E-state index in [1.54, 1.807) is 20.8 Å². The molecule has 0 radical (unpaired) electrons. The van der Waals surface area contributed by atoms with Crippen LogP contribution in [-0.4, -0.2) is 46.4 Å². The van der Waals surface area contributed by atoms with Crippen LogP contribution in [0.25, 0.3) is 0 Å². The van der Waals surface area contributed by atoms with E-state index in [0.29, 0.717) is 4.90 Å². The van der Waals surface area contributed by atoms with Gasteiger partial charge in [0, 0.05) is 6.54 Å². The zero-order valence-electron chi connectivity index (χ0n) is 10.8. The molecule has 0 spiro atoms. The lowest BCUT2D eigenvalue weighted by Crippen LogP contribution is -2.48. The van der Waals surface area contributed by atoms with Crippen molar-refractivity contribution in [3.8, 4) is 0 Å². The van der Waals surface area contributed by atoms with Gasteiger partial charge in [0.2, 0.25) is 0 Å². The summed E-state index contributed by atoms with van der Waals surface area (Å²) < 4.78 is 43.0. The molecule has 0 saturated carbocycles. The Labute approximate surface area is 108 Å². The number of likely N-dealkylation sites (tertiary alicyclic amines) is 1. The first-order chi connectivity index (χ1) is 8.43. The minimum absolute atomic E-state index is 0.282. The summed E-state index contributed by atoms with van der Waals surface area (Å²) in [6.07, 6.45) is -6.12. The van der Waals surface area contributed by atoms with Crippen LogP contribution in [0.5, 0.6) is 0 Å². The maximum absolute atomic E-state index is 12.7. The number of ether oxygens (including phenoxy) is 1. The Bertz CT molecular complexity index is 375. The fourth-order valence-corrected chi connectivity index (χ4v) is 1.97. The third-order valence-corrected chi connectivity index (χ3v) is 2.70.